The van der Waals surface area contributed by atoms with Crippen LogP contribution in [-0.2, 0) is 16.0 Å². The van der Waals surface area contributed by atoms with Crippen LogP contribution >= 0.6 is 0 Å². The summed E-state index contributed by atoms with van der Waals surface area (Å²) in [7, 11) is 1.69. The maximum absolute atomic E-state index is 5.42. The van der Waals surface area contributed by atoms with E-state index in [0.29, 0.717) is 13.2 Å². The topological polar surface area (TPSA) is 71.0 Å². The SMILES string of the molecule is CCNC(=NCc1cccnc1N1CCOCC1)NCCOC. The highest BCUT2D eigenvalue weighted by atomic mass is 16.5. The molecule has 0 spiro atoms. The normalized spacial score (nSPS) is 15.6. The van der Waals surface area contributed by atoms with Crippen LogP contribution < -0.4 is 15.5 Å². The molecule has 0 bridgehead atoms. The van der Waals surface area contributed by atoms with Crippen LogP contribution in [0.2, 0.25) is 0 Å². The summed E-state index contributed by atoms with van der Waals surface area (Å²) < 4.78 is 10.5. The predicted octanol–water partition coefficient (Wildman–Crippen LogP) is 0.620. The molecule has 2 rings (SSSR count). The van der Waals surface area contributed by atoms with E-state index in [1.807, 2.05) is 12.3 Å². The number of guanidine groups is 1. The van der Waals surface area contributed by atoms with E-state index in [1.54, 1.807) is 7.11 Å². The van der Waals surface area contributed by atoms with Gasteiger partial charge in [0.1, 0.15) is 5.82 Å². The smallest absolute Gasteiger partial charge is 0.191 e. The van der Waals surface area contributed by atoms with E-state index in [0.717, 1.165) is 56.7 Å². The molecule has 0 aromatic carbocycles. The molecule has 0 atom stereocenters. The molecule has 1 fully saturated rings. The molecular formula is C16H27N5O2. The molecule has 0 unspecified atom stereocenters. The van der Waals surface area contributed by atoms with Crippen LogP contribution in [0.1, 0.15) is 12.5 Å². The van der Waals surface area contributed by atoms with Gasteiger partial charge in [-0.3, -0.25) is 0 Å². The maximum Gasteiger partial charge on any atom is 0.191 e. The summed E-state index contributed by atoms with van der Waals surface area (Å²) in [6.45, 7) is 8.09. The standard InChI is InChI=1S/C16H27N5O2/c1-3-17-16(19-7-10-22-2)20-13-14-5-4-6-18-15(14)21-8-11-23-12-9-21/h4-6H,3,7-13H2,1-2H3,(H2,17,19,20). The van der Waals surface area contributed by atoms with E-state index in [2.05, 4.69) is 38.5 Å². The highest BCUT2D eigenvalue weighted by molar-refractivity contribution is 5.79. The lowest BCUT2D eigenvalue weighted by Gasteiger charge is -2.29. The minimum atomic E-state index is 0.586. The minimum Gasteiger partial charge on any atom is -0.383 e. The number of aromatic nitrogens is 1. The number of rotatable bonds is 7. The second-order valence-electron chi connectivity index (χ2n) is 5.20. The van der Waals surface area contributed by atoms with Gasteiger partial charge in [0.05, 0.1) is 26.4 Å². The number of ether oxygens (including phenoxy) is 2. The van der Waals surface area contributed by atoms with E-state index < -0.39 is 0 Å². The van der Waals surface area contributed by atoms with Crippen LogP contribution in [0.15, 0.2) is 23.3 Å². The molecule has 1 aromatic heterocycles. The van der Waals surface area contributed by atoms with Crippen LogP contribution in [0.25, 0.3) is 0 Å². The van der Waals surface area contributed by atoms with Crippen molar-refractivity contribution in [3.63, 3.8) is 0 Å². The fourth-order valence-electron chi connectivity index (χ4n) is 2.39. The first-order valence-electron chi connectivity index (χ1n) is 8.13. The molecule has 2 heterocycles. The third-order valence-corrected chi connectivity index (χ3v) is 3.53. The summed E-state index contributed by atoms with van der Waals surface area (Å²) in [4.78, 5) is 11.5. The Kier molecular flexibility index (Phi) is 7.62. The monoisotopic (exact) mass is 321 g/mol. The number of nitrogens with one attached hydrogen (secondary N) is 2. The van der Waals surface area contributed by atoms with Gasteiger partial charge in [-0.2, -0.15) is 0 Å². The molecule has 0 aliphatic carbocycles. The summed E-state index contributed by atoms with van der Waals surface area (Å²) in [5.74, 6) is 1.80. The molecule has 0 saturated carbocycles. The summed E-state index contributed by atoms with van der Waals surface area (Å²) >= 11 is 0. The molecule has 0 amide bonds. The number of nitrogens with zero attached hydrogens (tertiary/aromatic N) is 3. The zero-order valence-electron chi connectivity index (χ0n) is 14.0. The molecule has 128 valence electrons. The fraction of sp³-hybridized carbons (Fsp3) is 0.625. The Morgan fingerprint density at radius 2 is 2.22 bits per heavy atom. The largest absolute Gasteiger partial charge is 0.383 e. The van der Waals surface area contributed by atoms with Gasteiger partial charge < -0.3 is 25.0 Å². The predicted molar refractivity (Wildman–Crippen MR) is 92.0 cm³/mol. The van der Waals surface area contributed by atoms with Crippen molar-refractivity contribution < 1.29 is 9.47 Å². The Morgan fingerprint density at radius 3 is 2.96 bits per heavy atom. The highest BCUT2D eigenvalue weighted by Crippen LogP contribution is 2.19. The Morgan fingerprint density at radius 1 is 1.39 bits per heavy atom. The second-order valence-corrected chi connectivity index (χ2v) is 5.20. The summed E-state index contributed by atoms with van der Waals surface area (Å²) in [6.07, 6.45) is 1.83. The van der Waals surface area contributed by atoms with Gasteiger partial charge in [0.15, 0.2) is 5.96 Å². The average Bonchev–Trinajstić information content (AvgIpc) is 2.61. The van der Waals surface area contributed by atoms with Crippen molar-refractivity contribution in [1.82, 2.24) is 15.6 Å². The number of morpholine rings is 1. The molecular weight excluding hydrogens is 294 g/mol. The van der Waals surface area contributed by atoms with Crippen LogP contribution in [0.3, 0.4) is 0 Å². The molecule has 0 radical (unpaired) electrons. The Bertz CT molecular complexity index is 489. The van der Waals surface area contributed by atoms with Crippen molar-refractivity contribution in [1.29, 1.82) is 0 Å². The molecule has 2 N–H and O–H groups in total. The van der Waals surface area contributed by atoms with Crippen LogP contribution in [-0.4, -0.2) is 64.1 Å². The highest BCUT2D eigenvalue weighted by Gasteiger charge is 2.15. The van der Waals surface area contributed by atoms with E-state index in [9.17, 15) is 0 Å². The quantitative estimate of drug-likeness (QED) is 0.436. The van der Waals surface area contributed by atoms with Crippen molar-refractivity contribution in [3.8, 4) is 0 Å². The van der Waals surface area contributed by atoms with Crippen molar-refractivity contribution in [3.05, 3.63) is 23.9 Å². The summed E-state index contributed by atoms with van der Waals surface area (Å²) in [5, 5.41) is 6.49. The first kappa shape index (κ1) is 17.5. The lowest BCUT2D eigenvalue weighted by atomic mass is 10.2. The third-order valence-electron chi connectivity index (χ3n) is 3.53. The van der Waals surface area contributed by atoms with Gasteiger partial charge in [-0.1, -0.05) is 6.07 Å². The van der Waals surface area contributed by atoms with Gasteiger partial charge in [0.2, 0.25) is 0 Å². The Balaban J connectivity index is 2.03. The molecule has 1 aliphatic heterocycles. The van der Waals surface area contributed by atoms with Crippen LogP contribution in [0.4, 0.5) is 5.82 Å². The average molecular weight is 321 g/mol. The molecule has 23 heavy (non-hydrogen) atoms. The van der Waals surface area contributed by atoms with Crippen LogP contribution in [0, 0.1) is 0 Å². The van der Waals surface area contributed by atoms with Gasteiger partial charge in [-0.05, 0) is 13.0 Å². The number of aliphatic imine (C=N–C) groups is 1. The van der Waals surface area contributed by atoms with Crippen molar-refractivity contribution in [2.45, 2.75) is 13.5 Å². The number of methoxy groups -OCH3 is 1. The molecule has 1 saturated heterocycles. The number of anilines is 1. The van der Waals surface area contributed by atoms with Crippen molar-refractivity contribution >= 4 is 11.8 Å². The van der Waals surface area contributed by atoms with Gasteiger partial charge in [-0.15, -0.1) is 0 Å². The van der Waals surface area contributed by atoms with Crippen LogP contribution in [0.5, 0.6) is 0 Å². The Labute approximate surface area is 138 Å². The first-order valence-corrected chi connectivity index (χ1v) is 8.13. The number of hydrogen-bond donors (Lipinski definition) is 2. The first-order chi connectivity index (χ1) is 11.3. The fourth-order valence-corrected chi connectivity index (χ4v) is 2.39. The van der Waals surface area contributed by atoms with E-state index in [4.69, 9.17) is 9.47 Å². The van der Waals surface area contributed by atoms with Crippen molar-refractivity contribution in [2.24, 2.45) is 4.99 Å². The summed E-state index contributed by atoms with van der Waals surface area (Å²) in [5.41, 5.74) is 1.12. The maximum atomic E-state index is 5.42. The van der Waals surface area contributed by atoms with Gasteiger partial charge in [0, 0.05) is 45.0 Å². The number of hydrogen-bond acceptors (Lipinski definition) is 5. The lowest BCUT2D eigenvalue weighted by molar-refractivity contribution is 0.122. The second kappa shape index (κ2) is 10.0. The molecule has 7 heteroatoms. The zero-order valence-corrected chi connectivity index (χ0v) is 14.0. The van der Waals surface area contributed by atoms with Gasteiger partial charge in [0.25, 0.3) is 0 Å². The minimum absolute atomic E-state index is 0.586. The van der Waals surface area contributed by atoms with E-state index in [1.165, 1.54) is 0 Å². The molecule has 1 aromatic rings. The zero-order chi connectivity index (χ0) is 16.3. The Hall–Kier alpha value is -1.86. The molecule has 7 nitrogen and oxygen atoms in total. The van der Waals surface area contributed by atoms with E-state index in [-0.39, 0.29) is 0 Å². The van der Waals surface area contributed by atoms with E-state index >= 15 is 0 Å². The summed E-state index contributed by atoms with van der Waals surface area (Å²) in [6, 6.07) is 4.04. The van der Waals surface area contributed by atoms with Gasteiger partial charge >= 0.3 is 0 Å². The molecule has 1 aliphatic rings. The van der Waals surface area contributed by atoms with Gasteiger partial charge in [-0.25, -0.2) is 9.98 Å². The lowest BCUT2D eigenvalue weighted by Crippen LogP contribution is -2.39. The van der Waals surface area contributed by atoms with Crippen molar-refractivity contribution in [2.75, 3.05) is 58.0 Å². The third kappa shape index (κ3) is 5.69. The number of pyridine rings is 1.